The van der Waals surface area contributed by atoms with E-state index in [2.05, 4.69) is 13.8 Å². The van der Waals surface area contributed by atoms with Gasteiger partial charge in [-0.15, -0.1) is 23.5 Å². The van der Waals surface area contributed by atoms with Crippen LogP contribution in [0.2, 0.25) is 0 Å². The monoisotopic (exact) mass is 224 g/mol. The first-order chi connectivity index (χ1) is 5.20. The molecular weight excluding hydrogens is 212 g/mol. The molecule has 0 nitrogen and oxygen atoms in total. The van der Waals surface area contributed by atoms with Crippen molar-refractivity contribution >= 4 is 56.4 Å². The Hall–Kier alpha value is 0.880. The molecule has 0 aliphatic rings. The third-order valence-electron chi connectivity index (χ3n) is 1.02. The zero-order valence-electron chi connectivity index (χ0n) is 6.75. The summed E-state index contributed by atoms with van der Waals surface area (Å²) in [6.07, 6.45) is 1.97. The molecule has 0 rings (SSSR count). The van der Waals surface area contributed by atoms with Gasteiger partial charge in [-0.05, 0) is 12.8 Å². The lowest BCUT2D eigenvalue weighted by molar-refractivity contribution is 1.34. The Balaban J connectivity index is 3.27. The van der Waals surface area contributed by atoms with Crippen molar-refractivity contribution in [2.45, 2.75) is 26.7 Å². The van der Waals surface area contributed by atoms with Crippen LogP contribution in [0.1, 0.15) is 26.7 Å². The smallest absolute Gasteiger partial charge is 0.0496 e. The average molecular weight is 224 g/mol. The van der Waals surface area contributed by atoms with Crippen LogP contribution in [-0.4, -0.2) is 13.5 Å². The quantitative estimate of drug-likeness (QED) is 0.524. The Kier molecular flexibility index (Phi) is 8.13. The van der Waals surface area contributed by atoms with E-state index >= 15 is 0 Å². The summed E-state index contributed by atoms with van der Waals surface area (Å²) in [5.41, 5.74) is 0. The summed E-state index contributed by atoms with van der Waals surface area (Å²) in [5.74, 6) is 0. The number of thiocarbonyl (C=S) groups is 2. The highest BCUT2D eigenvalue weighted by atomic mass is 32.2. The Labute approximate surface area is 87.9 Å². The first kappa shape index (κ1) is 11.9. The van der Waals surface area contributed by atoms with Gasteiger partial charge < -0.3 is 0 Å². The molecule has 0 N–H and O–H groups in total. The second-order valence-corrected chi connectivity index (χ2v) is 5.87. The molecule has 0 fully saturated rings. The van der Waals surface area contributed by atoms with E-state index in [0.29, 0.717) is 0 Å². The fraction of sp³-hybridized carbons (Fsp3) is 0.714. The van der Waals surface area contributed by atoms with E-state index in [1.54, 1.807) is 23.5 Å². The van der Waals surface area contributed by atoms with Crippen molar-refractivity contribution < 1.29 is 0 Å². The van der Waals surface area contributed by atoms with E-state index in [4.69, 9.17) is 24.4 Å². The first-order valence-electron chi connectivity index (χ1n) is 3.52. The van der Waals surface area contributed by atoms with Crippen LogP contribution in [0.4, 0.5) is 0 Å². The lowest BCUT2D eigenvalue weighted by Crippen LogP contribution is -1.88. The molecule has 0 aliphatic carbocycles. The van der Waals surface area contributed by atoms with Crippen molar-refractivity contribution in [3.63, 3.8) is 0 Å². The maximum absolute atomic E-state index is 5.05. The molecule has 0 aromatic heterocycles. The highest BCUT2D eigenvalue weighted by molar-refractivity contribution is 8.35. The summed E-state index contributed by atoms with van der Waals surface area (Å²) < 4.78 is 2.16. The van der Waals surface area contributed by atoms with Gasteiger partial charge in [-0.1, -0.05) is 38.3 Å². The molecule has 0 spiro atoms. The molecule has 0 unspecified atom stereocenters. The van der Waals surface area contributed by atoms with Crippen LogP contribution in [0.15, 0.2) is 0 Å². The van der Waals surface area contributed by atoms with Crippen LogP contribution < -0.4 is 0 Å². The minimum Gasteiger partial charge on any atom is -0.108 e. The van der Waals surface area contributed by atoms with Gasteiger partial charge in [0.1, 0.15) is 0 Å². The highest BCUT2D eigenvalue weighted by Crippen LogP contribution is 2.18. The predicted octanol–water partition coefficient (Wildman–Crippen LogP) is 3.89. The zero-order chi connectivity index (χ0) is 8.69. The molecule has 0 saturated carbocycles. The van der Waals surface area contributed by atoms with Crippen molar-refractivity contribution in [2.75, 3.05) is 5.08 Å². The molecular formula is C7H12S4. The summed E-state index contributed by atoms with van der Waals surface area (Å²) >= 11 is 13.6. The van der Waals surface area contributed by atoms with Crippen molar-refractivity contribution in [1.29, 1.82) is 0 Å². The summed E-state index contributed by atoms with van der Waals surface area (Å²) in [6.45, 7) is 4.16. The maximum atomic E-state index is 5.05. The predicted molar refractivity (Wildman–Crippen MR) is 65.8 cm³/mol. The van der Waals surface area contributed by atoms with Gasteiger partial charge in [0.05, 0.1) is 0 Å². The summed E-state index contributed by atoms with van der Waals surface area (Å²) in [5, 5.41) is 0.985. The topological polar surface area (TPSA) is 0 Å². The minimum absolute atomic E-state index is 0.985. The van der Waals surface area contributed by atoms with Crippen molar-refractivity contribution in [3.8, 4) is 0 Å². The highest BCUT2D eigenvalue weighted by Gasteiger charge is 1.96. The van der Waals surface area contributed by atoms with Gasteiger partial charge in [-0.2, -0.15) is 0 Å². The Bertz CT molecular complexity index is 125. The van der Waals surface area contributed by atoms with E-state index in [9.17, 15) is 0 Å². The van der Waals surface area contributed by atoms with Gasteiger partial charge in [0.2, 0.25) is 0 Å². The molecule has 0 aliphatic heterocycles. The van der Waals surface area contributed by atoms with Gasteiger partial charge in [-0.3, -0.25) is 0 Å². The molecule has 4 heteroatoms. The Morgan fingerprint density at radius 1 is 1.00 bits per heavy atom. The largest absolute Gasteiger partial charge is 0.108 e. The Morgan fingerprint density at radius 2 is 1.36 bits per heavy atom. The van der Waals surface area contributed by atoms with E-state index in [-0.39, 0.29) is 0 Å². The van der Waals surface area contributed by atoms with Gasteiger partial charge in [0, 0.05) is 13.5 Å². The van der Waals surface area contributed by atoms with E-state index < -0.39 is 0 Å². The second-order valence-electron chi connectivity index (χ2n) is 1.86. The Morgan fingerprint density at radius 3 is 1.64 bits per heavy atom. The van der Waals surface area contributed by atoms with E-state index in [1.165, 1.54) is 0 Å². The fourth-order valence-electron chi connectivity index (χ4n) is 0.365. The van der Waals surface area contributed by atoms with Crippen LogP contribution >= 0.6 is 48.0 Å². The van der Waals surface area contributed by atoms with E-state index in [1.807, 2.05) is 0 Å². The number of hydrogen-bond acceptors (Lipinski definition) is 4. The van der Waals surface area contributed by atoms with Crippen molar-refractivity contribution in [2.24, 2.45) is 0 Å². The fourth-order valence-corrected chi connectivity index (χ4v) is 2.93. The molecule has 0 aromatic carbocycles. The summed E-state index contributed by atoms with van der Waals surface area (Å²) in [6, 6.07) is 0. The summed E-state index contributed by atoms with van der Waals surface area (Å²) in [7, 11) is 0. The number of rotatable bonds is 4. The van der Waals surface area contributed by atoms with Gasteiger partial charge in [-0.25, -0.2) is 0 Å². The van der Waals surface area contributed by atoms with Crippen LogP contribution in [0.3, 0.4) is 0 Å². The third-order valence-corrected chi connectivity index (χ3v) is 4.47. The van der Waals surface area contributed by atoms with Gasteiger partial charge in [0.15, 0.2) is 0 Å². The molecule has 11 heavy (non-hydrogen) atoms. The van der Waals surface area contributed by atoms with E-state index in [0.717, 1.165) is 26.3 Å². The lowest BCUT2D eigenvalue weighted by atomic mass is 10.6. The van der Waals surface area contributed by atoms with Crippen LogP contribution in [0.5, 0.6) is 0 Å². The molecule has 0 aromatic rings. The molecule has 0 heterocycles. The molecule has 64 valence electrons. The molecule has 0 saturated heterocycles. The second kappa shape index (κ2) is 7.53. The standard InChI is InChI=1S/C7H12S4/c1-3-6(8)10-5-11-7(9)4-2/h3-5H2,1-2H3. The molecule has 0 bridgehead atoms. The van der Waals surface area contributed by atoms with Crippen LogP contribution in [-0.2, 0) is 0 Å². The molecule has 0 radical (unpaired) electrons. The minimum atomic E-state index is 0.985. The number of hydrogen-bond donors (Lipinski definition) is 0. The maximum Gasteiger partial charge on any atom is 0.0496 e. The average Bonchev–Trinajstić information content (AvgIpc) is 2.04. The molecule has 0 atom stereocenters. The first-order valence-corrected chi connectivity index (χ1v) is 6.30. The lowest BCUT2D eigenvalue weighted by Gasteiger charge is -1.99. The van der Waals surface area contributed by atoms with Crippen molar-refractivity contribution in [3.05, 3.63) is 0 Å². The van der Waals surface area contributed by atoms with Gasteiger partial charge in [0.25, 0.3) is 0 Å². The number of thioether (sulfide) groups is 2. The summed E-state index contributed by atoms with van der Waals surface area (Å²) in [4.78, 5) is 0. The van der Waals surface area contributed by atoms with Crippen LogP contribution in [0.25, 0.3) is 0 Å². The van der Waals surface area contributed by atoms with Gasteiger partial charge >= 0.3 is 0 Å². The zero-order valence-corrected chi connectivity index (χ0v) is 10.0. The van der Waals surface area contributed by atoms with Crippen molar-refractivity contribution in [1.82, 2.24) is 0 Å². The van der Waals surface area contributed by atoms with Crippen LogP contribution in [0, 0.1) is 0 Å². The molecule has 0 amide bonds. The SMILES string of the molecule is CCC(=S)SCSC(=S)CC. The normalized spacial score (nSPS) is 9.64. The third kappa shape index (κ3) is 7.25.